The first-order chi connectivity index (χ1) is 15.2. The van der Waals surface area contributed by atoms with Crippen LogP contribution in [0.25, 0.3) is 0 Å². The van der Waals surface area contributed by atoms with Crippen LogP contribution in [-0.2, 0) is 19.3 Å². The Morgan fingerprint density at radius 1 is 0.742 bits per heavy atom. The highest BCUT2D eigenvalue weighted by atomic mass is 16.5. The Balaban J connectivity index is 1.84. The van der Waals surface area contributed by atoms with Gasteiger partial charge in [-0.1, -0.05) is 67.6 Å². The normalized spacial score (nSPS) is 11.7. The van der Waals surface area contributed by atoms with Crippen molar-refractivity contribution in [3.63, 3.8) is 0 Å². The third-order valence-corrected chi connectivity index (χ3v) is 5.86. The van der Waals surface area contributed by atoms with E-state index in [9.17, 15) is 0 Å². The Bertz CT molecular complexity index is 935. The third kappa shape index (κ3) is 5.81. The van der Waals surface area contributed by atoms with Gasteiger partial charge in [0.15, 0.2) is 11.5 Å². The molecule has 3 nitrogen and oxygen atoms in total. The van der Waals surface area contributed by atoms with Crippen molar-refractivity contribution >= 4 is 0 Å². The van der Waals surface area contributed by atoms with Gasteiger partial charge in [0, 0.05) is 11.6 Å². The van der Waals surface area contributed by atoms with E-state index < -0.39 is 0 Å². The Hall–Kier alpha value is -2.94. The molecule has 0 amide bonds. The van der Waals surface area contributed by atoms with Gasteiger partial charge >= 0.3 is 0 Å². The number of hydrogen-bond acceptors (Lipinski definition) is 3. The fourth-order valence-electron chi connectivity index (χ4n) is 4.09. The molecule has 0 heterocycles. The summed E-state index contributed by atoms with van der Waals surface area (Å²) >= 11 is 0. The third-order valence-electron chi connectivity index (χ3n) is 5.86. The minimum absolute atomic E-state index is 0.455. The van der Waals surface area contributed by atoms with Crippen LogP contribution in [0, 0.1) is 6.07 Å². The van der Waals surface area contributed by atoms with E-state index >= 15 is 0 Å². The van der Waals surface area contributed by atoms with Gasteiger partial charge in [0.1, 0.15) is 0 Å². The zero-order chi connectivity index (χ0) is 22.1. The van der Waals surface area contributed by atoms with Gasteiger partial charge < -0.3 is 14.2 Å². The molecular weight excluding hydrogens is 384 g/mol. The highest BCUT2D eigenvalue weighted by Gasteiger charge is 2.21. The average Bonchev–Trinajstić information content (AvgIpc) is 2.83. The monoisotopic (exact) mass is 417 g/mol. The summed E-state index contributed by atoms with van der Waals surface area (Å²) < 4.78 is 17.0. The van der Waals surface area contributed by atoms with Crippen LogP contribution in [0.3, 0.4) is 0 Å². The van der Waals surface area contributed by atoms with Crippen molar-refractivity contribution in [3.8, 4) is 17.2 Å². The SMILES string of the molecule is COc1[c]c(CCCc2ccccc2)c(CCC(C)c2ccccc2)c(OC)c1OC. The van der Waals surface area contributed by atoms with Crippen LogP contribution < -0.4 is 14.2 Å². The van der Waals surface area contributed by atoms with Crippen molar-refractivity contribution in [3.05, 3.63) is 89.0 Å². The summed E-state index contributed by atoms with van der Waals surface area (Å²) in [6.45, 7) is 2.28. The molecule has 163 valence electrons. The molecule has 0 aliphatic rings. The van der Waals surface area contributed by atoms with Gasteiger partial charge in [0.25, 0.3) is 0 Å². The van der Waals surface area contributed by atoms with Crippen molar-refractivity contribution in [2.75, 3.05) is 21.3 Å². The van der Waals surface area contributed by atoms with E-state index in [2.05, 4.69) is 73.7 Å². The number of hydrogen-bond donors (Lipinski definition) is 0. The molecule has 0 N–H and O–H groups in total. The zero-order valence-electron chi connectivity index (χ0n) is 19.1. The van der Waals surface area contributed by atoms with Crippen LogP contribution in [0.5, 0.6) is 17.2 Å². The summed E-state index contributed by atoms with van der Waals surface area (Å²) in [4.78, 5) is 0. The number of rotatable bonds is 11. The lowest BCUT2D eigenvalue weighted by molar-refractivity contribution is 0.320. The summed E-state index contributed by atoms with van der Waals surface area (Å²) in [7, 11) is 5.01. The molecule has 31 heavy (non-hydrogen) atoms. The molecule has 1 radical (unpaired) electrons. The second kappa shape index (κ2) is 11.5. The van der Waals surface area contributed by atoms with Crippen LogP contribution in [0.15, 0.2) is 60.7 Å². The van der Waals surface area contributed by atoms with Crippen LogP contribution in [0.4, 0.5) is 0 Å². The van der Waals surface area contributed by atoms with Crippen molar-refractivity contribution < 1.29 is 14.2 Å². The van der Waals surface area contributed by atoms with Crippen LogP contribution in [0.2, 0.25) is 0 Å². The predicted molar refractivity (Wildman–Crippen MR) is 127 cm³/mol. The fraction of sp³-hybridized carbons (Fsp3) is 0.357. The molecule has 1 unspecified atom stereocenters. The van der Waals surface area contributed by atoms with Crippen LogP contribution in [-0.4, -0.2) is 21.3 Å². The average molecular weight is 418 g/mol. The lowest BCUT2D eigenvalue weighted by Gasteiger charge is -2.21. The minimum Gasteiger partial charge on any atom is -0.492 e. The lowest BCUT2D eigenvalue weighted by atomic mass is 9.90. The highest BCUT2D eigenvalue weighted by molar-refractivity contribution is 5.58. The zero-order valence-corrected chi connectivity index (χ0v) is 19.1. The number of methoxy groups -OCH3 is 3. The van der Waals surface area contributed by atoms with Gasteiger partial charge in [-0.3, -0.25) is 0 Å². The maximum Gasteiger partial charge on any atom is 0.204 e. The van der Waals surface area contributed by atoms with Gasteiger partial charge in [-0.25, -0.2) is 0 Å². The van der Waals surface area contributed by atoms with Crippen molar-refractivity contribution in [1.29, 1.82) is 0 Å². The number of ether oxygens (including phenoxy) is 3. The molecule has 3 aromatic rings. The molecule has 0 saturated heterocycles. The van der Waals surface area contributed by atoms with E-state index in [1.165, 1.54) is 16.7 Å². The summed E-state index contributed by atoms with van der Waals surface area (Å²) in [6.07, 6.45) is 4.92. The molecular formula is C28H33O3. The summed E-state index contributed by atoms with van der Waals surface area (Å²) in [5.41, 5.74) is 5.05. The second-order valence-corrected chi connectivity index (χ2v) is 7.87. The standard InChI is InChI=1S/C28H33O3/c1-21(23-15-9-6-10-16-23)18-19-25-24(17-11-14-22-12-7-5-8-13-22)20-26(29-2)28(31-4)27(25)30-3/h5-10,12-13,15-16,21H,11,14,17-19H2,1-4H3. The van der Waals surface area contributed by atoms with Gasteiger partial charge in [0.05, 0.1) is 21.3 Å². The topological polar surface area (TPSA) is 27.7 Å². The first-order valence-corrected chi connectivity index (χ1v) is 11.0. The molecule has 0 saturated carbocycles. The first kappa shape index (κ1) is 22.7. The smallest absolute Gasteiger partial charge is 0.204 e. The Kier molecular flexibility index (Phi) is 8.40. The number of benzene rings is 3. The molecule has 0 aliphatic heterocycles. The molecule has 3 heteroatoms. The van der Waals surface area contributed by atoms with Gasteiger partial charge in [-0.15, -0.1) is 0 Å². The van der Waals surface area contributed by atoms with E-state index in [-0.39, 0.29) is 0 Å². The largest absolute Gasteiger partial charge is 0.492 e. The van der Waals surface area contributed by atoms with Gasteiger partial charge in [-0.05, 0) is 54.7 Å². The van der Waals surface area contributed by atoms with Crippen molar-refractivity contribution in [1.82, 2.24) is 0 Å². The quantitative estimate of drug-likeness (QED) is 0.360. The molecule has 0 aliphatic carbocycles. The summed E-state index contributed by atoms with van der Waals surface area (Å²) in [5.74, 6) is 2.46. The van der Waals surface area contributed by atoms with Gasteiger partial charge in [-0.2, -0.15) is 0 Å². The maximum absolute atomic E-state index is 5.83. The molecule has 0 spiro atoms. The summed E-state index contributed by atoms with van der Waals surface area (Å²) in [5, 5.41) is 0. The fourth-order valence-corrected chi connectivity index (χ4v) is 4.09. The minimum atomic E-state index is 0.455. The van der Waals surface area contributed by atoms with E-state index in [1.54, 1.807) is 21.3 Å². The number of aryl methyl sites for hydroxylation is 2. The van der Waals surface area contributed by atoms with E-state index in [4.69, 9.17) is 14.2 Å². The van der Waals surface area contributed by atoms with E-state index in [0.717, 1.165) is 43.4 Å². The molecule has 3 rings (SSSR count). The highest BCUT2D eigenvalue weighted by Crippen LogP contribution is 2.43. The lowest BCUT2D eigenvalue weighted by Crippen LogP contribution is -2.06. The molecule has 0 bridgehead atoms. The first-order valence-electron chi connectivity index (χ1n) is 11.0. The Morgan fingerprint density at radius 3 is 2.00 bits per heavy atom. The van der Waals surface area contributed by atoms with Crippen LogP contribution >= 0.6 is 0 Å². The maximum atomic E-state index is 5.83. The molecule has 0 aromatic heterocycles. The molecule has 3 aromatic carbocycles. The Morgan fingerprint density at radius 2 is 1.39 bits per heavy atom. The predicted octanol–water partition coefficient (Wildman–Crippen LogP) is 6.42. The second-order valence-electron chi connectivity index (χ2n) is 7.87. The van der Waals surface area contributed by atoms with Gasteiger partial charge in [0.2, 0.25) is 5.75 Å². The Labute approximate surface area is 187 Å². The van der Waals surface area contributed by atoms with E-state index in [1.807, 2.05) is 0 Å². The van der Waals surface area contributed by atoms with Crippen LogP contribution in [0.1, 0.15) is 47.9 Å². The van der Waals surface area contributed by atoms with Crippen molar-refractivity contribution in [2.45, 2.75) is 44.9 Å². The van der Waals surface area contributed by atoms with Crippen molar-refractivity contribution in [2.24, 2.45) is 0 Å². The molecule has 0 fully saturated rings. The summed E-state index contributed by atoms with van der Waals surface area (Å²) in [6, 6.07) is 24.8. The van der Waals surface area contributed by atoms with E-state index in [0.29, 0.717) is 17.4 Å². The molecule has 1 atom stereocenters.